The molecule has 0 bridgehead atoms. The second kappa shape index (κ2) is 9.11. The van der Waals surface area contributed by atoms with Crippen molar-refractivity contribution in [3.05, 3.63) is 35.4 Å². The summed E-state index contributed by atoms with van der Waals surface area (Å²) in [6.07, 6.45) is -5.45. The van der Waals surface area contributed by atoms with Crippen LogP contribution in [0.4, 0.5) is 0 Å². The lowest BCUT2D eigenvalue weighted by Crippen LogP contribution is -2.54. The van der Waals surface area contributed by atoms with Gasteiger partial charge in [-0.1, -0.05) is 0 Å². The summed E-state index contributed by atoms with van der Waals surface area (Å²) < 4.78 is 15.0. The SMILES string of the molecule is O=C(OC[C@]1(O)C(OC(=O)c2cc(O)c(O)c(O)c2)O[C@H](CO)[C@H]1O)c1cc(O)c(O)c(O)c1. The fraction of sp³-hybridized carbons (Fsp3) is 0.300. The molecule has 0 saturated carbocycles. The molecule has 1 aliphatic rings. The van der Waals surface area contributed by atoms with Gasteiger partial charge in [0.25, 0.3) is 0 Å². The van der Waals surface area contributed by atoms with Crippen LogP contribution in [-0.4, -0.2) is 95.2 Å². The van der Waals surface area contributed by atoms with E-state index in [0.717, 1.165) is 24.3 Å². The molecule has 184 valence electrons. The summed E-state index contributed by atoms with van der Waals surface area (Å²) in [6, 6.07) is 2.96. The van der Waals surface area contributed by atoms with Crippen molar-refractivity contribution in [2.24, 2.45) is 0 Å². The maximum absolute atomic E-state index is 12.4. The van der Waals surface area contributed by atoms with E-state index in [-0.39, 0.29) is 0 Å². The first kappa shape index (κ1) is 24.7. The average Bonchev–Trinajstić information content (AvgIpc) is 3.03. The van der Waals surface area contributed by atoms with Gasteiger partial charge < -0.3 is 60.2 Å². The van der Waals surface area contributed by atoms with E-state index in [9.17, 15) is 55.5 Å². The van der Waals surface area contributed by atoms with Crippen molar-refractivity contribution in [1.29, 1.82) is 0 Å². The molecule has 0 aliphatic carbocycles. The number of aliphatic hydroxyl groups excluding tert-OH is 2. The monoisotopic (exact) mass is 484 g/mol. The van der Waals surface area contributed by atoms with E-state index in [4.69, 9.17) is 14.2 Å². The lowest BCUT2D eigenvalue weighted by Gasteiger charge is -2.29. The van der Waals surface area contributed by atoms with Crippen LogP contribution in [-0.2, 0) is 14.2 Å². The summed E-state index contributed by atoms with van der Waals surface area (Å²) >= 11 is 0. The lowest BCUT2D eigenvalue weighted by molar-refractivity contribution is -0.193. The second-order valence-electron chi connectivity index (χ2n) is 7.33. The number of phenolic OH excluding ortho intramolecular Hbond substituents is 6. The summed E-state index contributed by atoms with van der Waals surface area (Å²) in [7, 11) is 0. The van der Waals surface area contributed by atoms with Gasteiger partial charge in [0.2, 0.25) is 6.29 Å². The highest BCUT2D eigenvalue weighted by Crippen LogP contribution is 2.38. The van der Waals surface area contributed by atoms with E-state index in [1.54, 1.807) is 0 Å². The number of hydrogen-bond acceptors (Lipinski definition) is 14. The molecule has 0 spiro atoms. The second-order valence-corrected chi connectivity index (χ2v) is 7.33. The summed E-state index contributed by atoms with van der Waals surface area (Å²) in [6.45, 7) is -1.91. The standard InChI is InChI=1S/C20H20O14/c21-5-13-16(28)20(31,6-32-17(29)7-1-9(22)14(26)10(23)2-7)19(33-13)34-18(30)8-3-11(24)15(27)12(25)4-8/h1-4,13,16,19,21-28,31H,5-6H2/t13-,16-,19?,20-/m1/s1. The van der Waals surface area contributed by atoms with Crippen molar-refractivity contribution in [3.8, 4) is 34.5 Å². The molecule has 14 nitrogen and oxygen atoms in total. The maximum atomic E-state index is 12.4. The molecule has 2 aromatic carbocycles. The molecular weight excluding hydrogens is 464 g/mol. The van der Waals surface area contributed by atoms with Gasteiger partial charge in [-0.15, -0.1) is 0 Å². The van der Waals surface area contributed by atoms with Crippen LogP contribution in [0.25, 0.3) is 0 Å². The van der Waals surface area contributed by atoms with E-state index >= 15 is 0 Å². The van der Waals surface area contributed by atoms with Crippen LogP contribution in [0, 0.1) is 0 Å². The molecule has 0 aromatic heterocycles. The lowest BCUT2D eigenvalue weighted by atomic mass is 9.96. The Kier molecular flexibility index (Phi) is 6.60. The zero-order valence-electron chi connectivity index (χ0n) is 17.0. The van der Waals surface area contributed by atoms with Gasteiger partial charge in [0.05, 0.1) is 17.7 Å². The number of hydrogen-bond donors (Lipinski definition) is 9. The maximum Gasteiger partial charge on any atom is 0.340 e. The molecule has 9 N–H and O–H groups in total. The summed E-state index contributed by atoms with van der Waals surface area (Å²) in [4.78, 5) is 24.7. The van der Waals surface area contributed by atoms with Crippen molar-refractivity contribution in [2.75, 3.05) is 13.2 Å². The minimum absolute atomic E-state index is 0.452. The number of ether oxygens (including phenoxy) is 3. The van der Waals surface area contributed by atoms with E-state index in [1.807, 2.05) is 0 Å². The molecule has 1 fully saturated rings. The summed E-state index contributed by atoms with van der Waals surface area (Å²) in [5.74, 6) is -7.76. The fourth-order valence-corrected chi connectivity index (χ4v) is 3.11. The topological polar surface area (TPSA) is 244 Å². The third-order valence-electron chi connectivity index (χ3n) is 5.01. The van der Waals surface area contributed by atoms with Crippen LogP contribution in [0.15, 0.2) is 24.3 Å². The fourth-order valence-electron chi connectivity index (χ4n) is 3.11. The van der Waals surface area contributed by atoms with Gasteiger partial charge in [-0.05, 0) is 24.3 Å². The molecule has 14 heteroatoms. The minimum Gasteiger partial charge on any atom is -0.504 e. The molecule has 1 saturated heterocycles. The Labute approximate surface area is 189 Å². The van der Waals surface area contributed by atoms with Crippen LogP contribution in [0.3, 0.4) is 0 Å². The van der Waals surface area contributed by atoms with E-state index in [1.165, 1.54) is 0 Å². The predicted molar refractivity (Wildman–Crippen MR) is 105 cm³/mol. The number of aliphatic hydroxyl groups is 3. The highest BCUT2D eigenvalue weighted by Gasteiger charge is 2.58. The molecule has 4 atom stereocenters. The minimum atomic E-state index is -2.62. The molecule has 0 amide bonds. The van der Waals surface area contributed by atoms with Crippen LogP contribution >= 0.6 is 0 Å². The van der Waals surface area contributed by atoms with Crippen LogP contribution in [0.1, 0.15) is 20.7 Å². The van der Waals surface area contributed by atoms with Crippen LogP contribution in [0.5, 0.6) is 34.5 Å². The van der Waals surface area contributed by atoms with Gasteiger partial charge in [-0.3, -0.25) is 0 Å². The van der Waals surface area contributed by atoms with Crippen LogP contribution < -0.4 is 0 Å². The smallest absolute Gasteiger partial charge is 0.340 e. The van der Waals surface area contributed by atoms with Gasteiger partial charge in [-0.25, -0.2) is 9.59 Å². The first-order valence-electron chi connectivity index (χ1n) is 9.43. The molecular formula is C20H20O14. The summed E-state index contributed by atoms with van der Waals surface area (Å²) in [5.41, 5.74) is -3.57. The third kappa shape index (κ3) is 4.42. The number of aromatic hydroxyl groups is 6. The normalized spacial score (nSPS) is 24.0. The Morgan fingerprint density at radius 3 is 1.74 bits per heavy atom. The quantitative estimate of drug-likeness (QED) is 0.172. The van der Waals surface area contributed by atoms with Crippen molar-refractivity contribution in [1.82, 2.24) is 0 Å². The van der Waals surface area contributed by atoms with Gasteiger partial charge in [-0.2, -0.15) is 0 Å². The first-order valence-corrected chi connectivity index (χ1v) is 9.43. The zero-order valence-corrected chi connectivity index (χ0v) is 17.0. The first-order chi connectivity index (χ1) is 15.9. The Hall–Kier alpha value is -3.98. The average molecular weight is 484 g/mol. The molecule has 1 unspecified atom stereocenters. The summed E-state index contributed by atoms with van der Waals surface area (Å²) in [5, 5.41) is 87.5. The zero-order chi connectivity index (χ0) is 25.4. The Balaban J connectivity index is 1.80. The number of benzene rings is 2. The predicted octanol–water partition coefficient (Wildman–Crippen LogP) is -1.26. The van der Waals surface area contributed by atoms with E-state index < -0.39 is 94.9 Å². The molecule has 1 aliphatic heterocycles. The highest BCUT2D eigenvalue weighted by atomic mass is 16.7. The highest BCUT2D eigenvalue weighted by molar-refractivity contribution is 5.92. The molecule has 34 heavy (non-hydrogen) atoms. The number of phenols is 6. The van der Waals surface area contributed by atoms with Gasteiger partial charge in [0, 0.05) is 0 Å². The Bertz CT molecular complexity index is 1070. The molecule has 1 heterocycles. The number of rotatable bonds is 6. The molecule has 2 aromatic rings. The van der Waals surface area contributed by atoms with Crippen LogP contribution in [0.2, 0.25) is 0 Å². The van der Waals surface area contributed by atoms with E-state index in [2.05, 4.69) is 0 Å². The largest absolute Gasteiger partial charge is 0.504 e. The number of carbonyl (C=O) groups is 2. The van der Waals surface area contributed by atoms with E-state index in [0.29, 0.717) is 0 Å². The van der Waals surface area contributed by atoms with Crippen molar-refractivity contribution >= 4 is 11.9 Å². The van der Waals surface area contributed by atoms with Gasteiger partial charge in [0.1, 0.15) is 18.8 Å². The number of esters is 2. The number of carbonyl (C=O) groups excluding carboxylic acids is 2. The van der Waals surface area contributed by atoms with Crippen molar-refractivity contribution < 1.29 is 69.8 Å². The van der Waals surface area contributed by atoms with Crippen molar-refractivity contribution in [3.63, 3.8) is 0 Å². The third-order valence-corrected chi connectivity index (χ3v) is 5.01. The Morgan fingerprint density at radius 2 is 1.29 bits per heavy atom. The van der Waals surface area contributed by atoms with Gasteiger partial charge >= 0.3 is 11.9 Å². The molecule has 3 rings (SSSR count). The van der Waals surface area contributed by atoms with Gasteiger partial charge in [0.15, 0.2) is 40.1 Å². The Morgan fingerprint density at radius 1 is 0.853 bits per heavy atom. The van der Waals surface area contributed by atoms with Crippen molar-refractivity contribution in [2.45, 2.75) is 24.1 Å². The molecule has 0 radical (unpaired) electrons.